The molecule has 0 amide bonds. The molecule has 8 atom stereocenters. The Bertz CT molecular complexity index is 2020. The van der Waals surface area contributed by atoms with E-state index in [2.05, 4.69) is 92.3 Å². The molecule has 2 aromatic rings. The van der Waals surface area contributed by atoms with Gasteiger partial charge in [0, 0.05) is 30.1 Å². The smallest absolute Gasteiger partial charge is 0.140 e. The van der Waals surface area contributed by atoms with Crippen molar-refractivity contribution < 1.29 is 14.4 Å². The fraction of sp³-hybridized carbons (Fsp3) is 0.611. The molecule has 0 spiro atoms. The van der Waals surface area contributed by atoms with Crippen LogP contribution in [0.15, 0.2) is 66.3 Å². The zero-order valence-electron chi connectivity index (χ0n) is 37.0. The third kappa shape index (κ3) is 8.56. The SMILES string of the molecule is C=CC1CC1(CC(=C)C1CC(Cc2cc(C3=C(C)CC(CC(C)C)=C3)cc3c(C)c(CC)ccc23)CC1C(=O)C(CC(=O)CC1CC2CC2C1)C(C)(C)C)C(C)=O. The first-order valence-electron chi connectivity index (χ1n) is 22.7. The van der Waals surface area contributed by atoms with Crippen LogP contribution < -0.4 is 0 Å². The minimum Gasteiger partial charge on any atom is -0.300 e. The van der Waals surface area contributed by atoms with Gasteiger partial charge in [-0.1, -0.05) is 95.2 Å². The van der Waals surface area contributed by atoms with Crippen LogP contribution in [0.1, 0.15) is 148 Å². The molecule has 5 aliphatic rings. The Kier molecular flexibility index (Phi) is 11.8. The van der Waals surface area contributed by atoms with Gasteiger partial charge in [-0.3, -0.25) is 14.4 Å². The second-order valence-electron chi connectivity index (χ2n) is 21.4. The second kappa shape index (κ2) is 16.0. The zero-order valence-corrected chi connectivity index (χ0v) is 37.0. The Balaban J connectivity index is 1.21. The Hall–Kier alpha value is -3.33. The molecule has 4 fully saturated rings. The predicted octanol–water partition coefficient (Wildman–Crippen LogP) is 13.4. The molecule has 3 heteroatoms. The van der Waals surface area contributed by atoms with Gasteiger partial charge in [-0.05, 0) is 183 Å². The predicted molar refractivity (Wildman–Crippen MR) is 238 cm³/mol. The van der Waals surface area contributed by atoms with E-state index in [0.717, 1.165) is 62.4 Å². The van der Waals surface area contributed by atoms with Crippen LogP contribution in [0.25, 0.3) is 16.3 Å². The van der Waals surface area contributed by atoms with Gasteiger partial charge in [-0.25, -0.2) is 0 Å². The highest BCUT2D eigenvalue weighted by Crippen LogP contribution is 2.60. The van der Waals surface area contributed by atoms with E-state index in [0.29, 0.717) is 37.0 Å². The number of allylic oxidation sites excluding steroid dienone is 6. The number of fused-ring (bicyclic) bond motifs is 2. The van der Waals surface area contributed by atoms with Crippen molar-refractivity contribution in [2.24, 2.45) is 64.1 Å². The van der Waals surface area contributed by atoms with Crippen LogP contribution in [-0.2, 0) is 27.2 Å². The van der Waals surface area contributed by atoms with E-state index in [-0.39, 0.29) is 46.4 Å². The molecule has 0 N–H and O–H groups in total. The van der Waals surface area contributed by atoms with E-state index in [1.54, 1.807) is 6.92 Å². The number of carbonyl (C=O) groups excluding carboxylic acids is 3. The molecule has 8 unspecified atom stereocenters. The summed E-state index contributed by atoms with van der Waals surface area (Å²) in [7, 11) is 0. The van der Waals surface area contributed by atoms with Crippen LogP contribution in [0.2, 0.25) is 0 Å². The Labute approximate surface area is 345 Å². The number of hydrogen-bond acceptors (Lipinski definition) is 3. The average molecular weight is 769 g/mol. The lowest BCUT2D eigenvalue weighted by Gasteiger charge is -2.34. The van der Waals surface area contributed by atoms with Crippen LogP contribution in [0, 0.1) is 71.0 Å². The third-order valence-electron chi connectivity index (χ3n) is 15.7. The molecule has 5 aliphatic carbocycles. The summed E-state index contributed by atoms with van der Waals surface area (Å²) in [5.74, 6) is 3.50. The van der Waals surface area contributed by atoms with Gasteiger partial charge < -0.3 is 0 Å². The molecular weight excluding hydrogens is 697 g/mol. The molecule has 0 aliphatic heterocycles. The molecule has 2 aromatic carbocycles. The lowest BCUT2D eigenvalue weighted by molar-refractivity contribution is -0.135. The van der Waals surface area contributed by atoms with Crippen molar-refractivity contribution in [1.29, 1.82) is 0 Å². The van der Waals surface area contributed by atoms with E-state index >= 15 is 4.79 Å². The normalized spacial score (nSPS) is 29.8. The standard InChI is InChI=1S/C54H72O3/c1-12-39-14-15-46-42(26-43(27-49(46)34(39)7)47-22-36(16-31(3)4)17-32(47)5)20-38-23-48(33(6)29-54(35(8)55)30-44(54)13-2)50(24-38)52(57)51(53(9,10)11)28-45(56)21-37-18-40-25-41(40)19-37/h13-15,22,26-27,31,37-38,40-41,44,48,50-51H,2,6,12,16-21,23-25,28-30H2,1,3-5,7-11H3. The van der Waals surface area contributed by atoms with Crippen molar-refractivity contribution in [1.82, 2.24) is 0 Å². The topological polar surface area (TPSA) is 51.2 Å². The Morgan fingerprint density at radius 3 is 2.25 bits per heavy atom. The lowest BCUT2D eigenvalue weighted by atomic mass is 9.69. The number of hydrogen-bond donors (Lipinski definition) is 0. The van der Waals surface area contributed by atoms with Crippen LogP contribution in [-0.4, -0.2) is 17.3 Å². The van der Waals surface area contributed by atoms with Gasteiger partial charge in [0.05, 0.1) is 0 Å². The first-order valence-corrected chi connectivity index (χ1v) is 22.7. The fourth-order valence-corrected chi connectivity index (χ4v) is 12.2. The minimum absolute atomic E-state index is 0.00382. The van der Waals surface area contributed by atoms with Gasteiger partial charge in [-0.2, -0.15) is 0 Å². The average Bonchev–Trinajstić information content (AvgIpc) is 3.86. The fourth-order valence-electron chi connectivity index (χ4n) is 12.2. The summed E-state index contributed by atoms with van der Waals surface area (Å²) in [5, 5.41) is 2.67. The highest BCUT2D eigenvalue weighted by atomic mass is 16.1. The molecule has 0 bridgehead atoms. The van der Waals surface area contributed by atoms with Gasteiger partial charge in [-0.15, -0.1) is 6.58 Å². The molecule has 0 radical (unpaired) electrons. The molecule has 57 heavy (non-hydrogen) atoms. The minimum atomic E-state index is -0.431. The highest BCUT2D eigenvalue weighted by Gasteiger charge is 2.57. The van der Waals surface area contributed by atoms with Crippen LogP contribution in [0.4, 0.5) is 0 Å². The highest BCUT2D eigenvalue weighted by molar-refractivity contribution is 5.95. The van der Waals surface area contributed by atoms with Gasteiger partial charge in [0.2, 0.25) is 0 Å². The number of benzene rings is 2. The van der Waals surface area contributed by atoms with Gasteiger partial charge in [0.1, 0.15) is 17.3 Å². The number of rotatable bonds is 17. The van der Waals surface area contributed by atoms with Crippen molar-refractivity contribution in [3.05, 3.63) is 88.5 Å². The van der Waals surface area contributed by atoms with Crippen molar-refractivity contribution in [3.63, 3.8) is 0 Å². The largest absolute Gasteiger partial charge is 0.300 e. The van der Waals surface area contributed by atoms with Crippen LogP contribution >= 0.6 is 0 Å². The van der Waals surface area contributed by atoms with E-state index in [9.17, 15) is 9.59 Å². The monoisotopic (exact) mass is 769 g/mol. The first kappa shape index (κ1) is 41.8. The quantitative estimate of drug-likeness (QED) is 0.151. The summed E-state index contributed by atoms with van der Waals surface area (Å²) in [6, 6.07) is 9.57. The van der Waals surface area contributed by atoms with Crippen molar-refractivity contribution in [2.75, 3.05) is 0 Å². The van der Waals surface area contributed by atoms with Gasteiger partial charge in [0.15, 0.2) is 0 Å². The summed E-state index contributed by atoms with van der Waals surface area (Å²) in [6.45, 7) is 28.4. The maximum Gasteiger partial charge on any atom is 0.140 e. The zero-order chi connectivity index (χ0) is 41.1. The Morgan fingerprint density at radius 1 is 0.930 bits per heavy atom. The Morgan fingerprint density at radius 2 is 1.63 bits per heavy atom. The van der Waals surface area contributed by atoms with Gasteiger partial charge in [0.25, 0.3) is 0 Å². The summed E-state index contributed by atoms with van der Waals surface area (Å²) in [6.07, 6.45) is 16.3. The maximum absolute atomic E-state index is 15.2. The molecule has 3 nitrogen and oxygen atoms in total. The molecule has 0 aromatic heterocycles. The number of ketones is 3. The van der Waals surface area contributed by atoms with Crippen LogP contribution in [0.3, 0.4) is 0 Å². The summed E-state index contributed by atoms with van der Waals surface area (Å²) < 4.78 is 0. The molecule has 7 rings (SSSR count). The second-order valence-corrected chi connectivity index (χ2v) is 21.4. The number of aryl methyl sites for hydroxylation is 2. The molecule has 0 saturated heterocycles. The lowest BCUT2D eigenvalue weighted by Crippen LogP contribution is -2.37. The van der Waals surface area contributed by atoms with Crippen molar-refractivity contribution in [2.45, 2.75) is 146 Å². The maximum atomic E-state index is 15.2. The van der Waals surface area contributed by atoms with Crippen molar-refractivity contribution in [3.8, 4) is 0 Å². The van der Waals surface area contributed by atoms with E-state index in [1.165, 1.54) is 69.0 Å². The molecule has 306 valence electrons. The van der Waals surface area contributed by atoms with E-state index in [4.69, 9.17) is 6.58 Å². The first-order chi connectivity index (χ1) is 26.9. The molecular formula is C54H72O3. The van der Waals surface area contributed by atoms with E-state index < -0.39 is 5.41 Å². The summed E-state index contributed by atoms with van der Waals surface area (Å²) in [4.78, 5) is 42.1. The summed E-state index contributed by atoms with van der Waals surface area (Å²) in [5.41, 5.74) is 10.1. The van der Waals surface area contributed by atoms with Crippen LogP contribution in [0.5, 0.6) is 0 Å². The third-order valence-corrected chi connectivity index (χ3v) is 15.7. The summed E-state index contributed by atoms with van der Waals surface area (Å²) >= 11 is 0. The number of Topliss-reactive ketones (excluding diaryl/α,β-unsaturated/α-hetero) is 3. The molecule has 4 saturated carbocycles. The van der Waals surface area contributed by atoms with Gasteiger partial charge >= 0.3 is 0 Å². The van der Waals surface area contributed by atoms with Crippen molar-refractivity contribution >= 4 is 33.7 Å². The number of carbonyl (C=O) groups is 3. The molecule has 0 heterocycles. The van der Waals surface area contributed by atoms with E-state index in [1.807, 2.05) is 6.08 Å².